The van der Waals surface area contributed by atoms with Crippen LogP contribution in [0, 0.1) is 11.3 Å². The number of carbonyl (C=O) groups excluding carboxylic acids is 1. The number of aromatic nitrogens is 1. The minimum absolute atomic E-state index is 0.155. The van der Waals surface area contributed by atoms with Crippen LogP contribution in [0.1, 0.15) is 5.56 Å². The largest absolute Gasteiger partial charge is 0.319 e. The lowest BCUT2D eigenvalue weighted by atomic mass is 10.2. The van der Waals surface area contributed by atoms with E-state index in [1.54, 1.807) is 22.8 Å². The molecule has 0 aliphatic heterocycles. The lowest BCUT2D eigenvalue weighted by Gasteiger charge is -2.06. The molecule has 3 rings (SSSR count). The van der Waals surface area contributed by atoms with Crippen molar-refractivity contribution >= 4 is 34.0 Å². The van der Waals surface area contributed by atoms with E-state index in [0.717, 1.165) is 10.8 Å². The Morgan fingerprint density at radius 2 is 1.96 bits per heavy atom. The van der Waals surface area contributed by atoms with Gasteiger partial charge in [0.15, 0.2) is 12.4 Å². The summed E-state index contributed by atoms with van der Waals surface area (Å²) >= 11 is 5.92. The summed E-state index contributed by atoms with van der Waals surface area (Å²) in [5.41, 5.74) is 0.803. The van der Waals surface area contributed by atoms with Crippen LogP contribution in [-0.4, -0.2) is 5.91 Å². The quantitative estimate of drug-likeness (QED) is 0.752. The molecule has 1 N–H and O–H groups in total. The van der Waals surface area contributed by atoms with Gasteiger partial charge in [-0.1, -0.05) is 29.8 Å². The summed E-state index contributed by atoms with van der Waals surface area (Å²) in [5, 5.41) is 14.5. The van der Waals surface area contributed by atoms with Crippen LogP contribution in [0.3, 0.4) is 0 Å². The fourth-order valence-corrected chi connectivity index (χ4v) is 2.52. The maximum atomic E-state index is 12.2. The van der Waals surface area contributed by atoms with Crippen LogP contribution in [0.25, 0.3) is 10.8 Å². The van der Waals surface area contributed by atoms with Gasteiger partial charge in [-0.3, -0.25) is 4.79 Å². The van der Waals surface area contributed by atoms with Crippen molar-refractivity contribution in [1.82, 2.24) is 0 Å². The SMILES string of the molecule is N#Cc1ccc(Cl)cc1NC(=O)C[n+]1ccc2ccccc2c1. The maximum Gasteiger partial charge on any atom is 0.290 e. The number of amides is 1. The lowest BCUT2D eigenvalue weighted by molar-refractivity contribution is -0.682. The minimum atomic E-state index is -0.218. The molecule has 0 bridgehead atoms. The number of nitriles is 1. The van der Waals surface area contributed by atoms with Gasteiger partial charge in [0.2, 0.25) is 6.54 Å². The van der Waals surface area contributed by atoms with Crippen molar-refractivity contribution in [2.45, 2.75) is 6.54 Å². The number of hydrogen-bond acceptors (Lipinski definition) is 2. The van der Waals surface area contributed by atoms with Crippen LogP contribution in [0.2, 0.25) is 5.02 Å². The third kappa shape index (κ3) is 3.47. The molecule has 0 unspecified atom stereocenters. The zero-order valence-corrected chi connectivity index (χ0v) is 12.9. The molecule has 0 radical (unpaired) electrons. The Kier molecular flexibility index (Phi) is 4.22. The van der Waals surface area contributed by atoms with E-state index in [0.29, 0.717) is 16.3 Å². The van der Waals surface area contributed by atoms with Crippen molar-refractivity contribution in [2.75, 3.05) is 5.32 Å². The van der Waals surface area contributed by atoms with Gasteiger partial charge in [-0.15, -0.1) is 0 Å². The molecule has 0 aliphatic rings. The van der Waals surface area contributed by atoms with Crippen molar-refractivity contribution in [3.05, 3.63) is 71.5 Å². The molecule has 0 aliphatic carbocycles. The van der Waals surface area contributed by atoms with Crippen molar-refractivity contribution in [3.63, 3.8) is 0 Å². The Morgan fingerprint density at radius 1 is 1.17 bits per heavy atom. The molecule has 0 spiro atoms. The number of nitrogens with one attached hydrogen (secondary N) is 1. The number of halogens is 1. The molecule has 112 valence electrons. The first-order valence-corrected chi connectivity index (χ1v) is 7.41. The Hall–Kier alpha value is -2.90. The molecule has 2 aromatic carbocycles. The summed E-state index contributed by atoms with van der Waals surface area (Å²) in [6.07, 6.45) is 3.77. The average Bonchev–Trinajstić information content (AvgIpc) is 2.55. The van der Waals surface area contributed by atoms with Crippen LogP contribution in [0.15, 0.2) is 60.9 Å². The molecule has 1 heterocycles. The normalized spacial score (nSPS) is 10.3. The van der Waals surface area contributed by atoms with Gasteiger partial charge in [0.05, 0.1) is 11.3 Å². The number of fused-ring (bicyclic) bond motifs is 1. The zero-order valence-electron chi connectivity index (χ0n) is 12.2. The van der Waals surface area contributed by atoms with Gasteiger partial charge in [-0.2, -0.15) is 9.83 Å². The summed E-state index contributed by atoms with van der Waals surface area (Å²) < 4.78 is 1.80. The minimum Gasteiger partial charge on any atom is -0.319 e. The summed E-state index contributed by atoms with van der Waals surface area (Å²) in [5.74, 6) is -0.218. The summed E-state index contributed by atoms with van der Waals surface area (Å²) in [4.78, 5) is 12.2. The smallest absolute Gasteiger partial charge is 0.290 e. The fourth-order valence-electron chi connectivity index (χ4n) is 2.35. The standard InChI is InChI=1S/C18H12ClN3O/c19-16-6-5-14(10-20)17(9-16)21-18(23)12-22-8-7-13-3-1-2-4-15(13)11-22/h1-9,11H,12H2/p+1. The van der Waals surface area contributed by atoms with Crippen LogP contribution < -0.4 is 9.88 Å². The van der Waals surface area contributed by atoms with Gasteiger partial charge >= 0.3 is 0 Å². The van der Waals surface area contributed by atoms with E-state index >= 15 is 0 Å². The first kappa shape index (κ1) is 15.0. The Bertz CT molecular complexity index is 931. The van der Waals surface area contributed by atoms with E-state index in [2.05, 4.69) is 5.32 Å². The van der Waals surface area contributed by atoms with Gasteiger partial charge in [-0.05, 0) is 29.7 Å². The van der Waals surface area contributed by atoms with E-state index < -0.39 is 0 Å². The molecular weight excluding hydrogens is 310 g/mol. The molecular formula is C18H13ClN3O+. The van der Waals surface area contributed by atoms with E-state index in [9.17, 15) is 4.79 Å². The van der Waals surface area contributed by atoms with Gasteiger partial charge in [0, 0.05) is 16.5 Å². The molecule has 3 aromatic rings. The van der Waals surface area contributed by atoms with Crippen molar-refractivity contribution in [3.8, 4) is 6.07 Å². The Balaban J connectivity index is 1.79. The monoisotopic (exact) mass is 322 g/mol. The van der Waals surface area contributed by atoms with Gasteiger partial charge in [-0.25, -0.2) is 0 Å². The summed E-state index contributed by atoms with van der Waals surface area (Å²) in [6, 6.07) is 16.7. The maximum absolute atomic E-state index is 12.2. The molecule has 4 nitrogen and oxygen atoms in total. The predicted molar refractivity (Wildman–Crippen MR) is 88.9 cm³/mol. The highest BCUT2D eigenvalue weighted by Crippen LogP contribution is 2.20. The van der Waals surface area contributed by atoms with Crippen molar-refractivity contribution in [1.29, 1.82) is 5.26 Å². The molecule has 0 fully saturated rings. The van der Waals surface area contributed by atoms with Crippen LogP contribution in [0.4, 0.5) is 5.69 Å². The van der Waals surface area contributed by atoms with E-state index in [-0.39, 0.29) is 12.5 Å². The van der Waals surface area contributed by atoms with E-state index in [4.69, 9.17) is 16.9 Å². The first-order valence-electron chi connectivity index (χ1n) is 7.03. The number of carbonyl (C=O) groups is 1. The number of anilines is 1. The molecule has 23 heavy (non-hydrogen) atoms. The van der Waals surface area contributed by atoms with Crippen LogP contribution in [-0.2, 0) is 11.3 Å². The van der Waals surface area contributed by atoms with Crippen LogP contribution in [0.5, 0.6) is 0 Å². The highest BCUT2D eigenvalue weighted by Gasteiger charge is 2.12. The second kappa shape index (κ2) is 6.47. The zero-order chi connectivity index (χ0) is 16.2. The molecule has 1 aromatic heterocycles. The number of rotatable bonds is 3. The van der Waals surface area contributed by atoms with E-state index in [1.807, 2.05) is 48.8 Å². The van der Waals surface area contributed by atoms with Gasteiger partial charge < -0.3 is 5.32 Å². The molecule has 0 saturated carbocycles. The summed E-state index contributed by atoms with van der Waals surface area (Å²) in [7, 11) is 0. The third-order valence-corrected chi connectivity index (χ3v) is 3.68. The Morgan fingerprint density at radius 3 is 2.74 bits per heavy atom. The molecule has 5 heteroatoms. The molecule has 1 amide bonds. The summed E-state index contributed by atoms with van der Waals surface area (Å²) in [6.45, 7) is 0.155. The second-order valence-corrected chi connectivity index (χ2v) is 5.53. The topological polar surface area (TPSA) is 56.8 Å². The highest BCUT2D eigenvalue weighted by molar-refractivity contribution is 6.31. The van der Waals surface area contributed by atoms with Crippen molar-refractivity contribution < 1.29 is 9.36 Å². The first-order chi connectivity index (χ1) is 11.2. The fraction of sp³-hybridized carbons (Fsp3) is 0.0556. The number of nitrogens with zero attached hydrogens (tertiary/aromatic N) is 2. The third-order valence-electron chi connectivity index (χ3n) is 3.45. The number of hydrogen-bond donors (Lipinski definition) is 1. The molecule has 0 saturated heterocycles. The lowest BCUT2D eigenvalue weighted by Crippen LogP contribution is -2.39. The van der Waals surface area contributed by atoms with Gasteiger partial charge in [0.1, 0.15) is 6.07 Å². The Labute approximate surface area is 138 Å². The average molecular weight is 323 g/mol. The van der Waals surface area contributed by atoms with Crippen molar-refractivity contribution in [2.24, 2.45) is 0 Å². The highest BCUT2D eigenvalue weighted by atomic mass is 35.5. The molecule has 0 atom stereocenters. The number of pyridine rings is 1. The van der Waals surface area contributed by atoms with Crippen LogP contribution >= 0.6 is 11.6 Å². The predicted octanol–water partition coefficient (Wildman–Crippen LogP) is 3.29. The van der Waals surface area contributed by atoms with Gasteiger partial charge in [0.25, 0.3) is 5.91 Å². The number of benzene rings is 2. The van der Waals surface area contributed by atoms with E-state index in [1.165, 1.54) is 0 Å². The second-order valence-electron chi connectivity index (χ2n) is 5.10.